The molecule has 0 amide bonds. The summed E-state index contributed by atoms with van der Waals surface area (Å²) in [6, 6.07) is 0. The Morgan fingerprint density at radius 1 is 0.923 bits per heavy atom. The van der Waals surface area contributed by atoms with E-state index in [1.54, 1.807) is 0 Å². The summed E-state index contributed by atoms with van der Waals surface area (Å²) >= 11 is 0. The van der Waals surface area contributed by atoms with Gasteiger partial charge >= 0.3 is 30.0 Å². The first-order valence-electron chi connectivity index (χ1n) is 7.18. The first-order valence-corrected chi connectivity index (χ1v) is 7.18. The second-order valence-corrected chi connectivity index (χ2v) is 5.90. The van der Waals surface area contributed by atoms with Gasteiger partial charge in [0.05, 0.1) is 6.61 Å². The minimum Gasteiger partial charge on any atom is -0.463 e. The second kappa shape index (κ2) is 7.58. The molecule has 0 aliphatic rings. The van der Waals surface area contributed by atoms with Crippen molar-refractivity contribution in [1.82, 2.24) is 0 Å². The average Bonchev–Trinajstić information content (AvgIpc) is 2.44. The largest absolute Gasteiger partial charge is 0.463 e. The molecule has 0 rings (SSSR count). The predicted octanol–water partition coefficient (Wildman–Crippen LogP) is 2.95. The molecule has 1 unspecified atom stereocenters. The molecule has 0 saturated heterocycles. The smallest absolute Gasteiger partial charge is 0.427 e. The molecule has 0 spiro atoms. The third-order valence-corrected chi connectivity index (χ3v) is 3.20. The first-order chi connectivity index (χ1) is 11.4. The van der Waals surface area contributed by atoms with Gasteiger partial charge in [-0.25, -0.2) is 14.4 Å². The van der Waals surface area contributed by atoms with Gasteiger partial charge in [0.25, 0.3) is 5.60 Å². The standard InChI is InChI=1S/C15H19F5O6/c1-7-24-10(22)13(6,25-9(21)8(2)3)14(16,17)11(23)26-12(4,5)15(18,19)20/h2,7H2,1,3-6H3. The minimum absolute atomic E-state index is 0.327. The summed E-state index contributed by atoms with van der Waals surface area (Å²) in [6.45, 7) is 6.00. The van der Waals surface area contributed by atoms with Crippen LogP contribution in [0.4, 0.5) is 22.0 Å². The molecule has 0 aromatic rings. The van der Waals surface area contributed by atoms with Crippen LogP contribution in [0.15, 0.2) is 12.2 Å². The van der Waals surface area contributed by atoms with E-state index in [1.165, 1.54) is 6.92 Å². The number of carbonyl (C=O) groups excluding carboxylic acids is 3. The third-order valence-electron chi connectivity index (χ3n) is 3.20. The molecular weight excluding hydrogens is 371 g/mol. The number of hydrogen-bond acceptors (Lipinski definition) is 6. The topological polar surface area (TPSA) is 78.9 Å². The van der Waals surface area contributed by atoms with Crippen LogP contribution in [0.3, 0.4) is 0 Å². The van der Waals surface area contributed by atoms with Crippen molar-refractivity contribution in [2.24, 2.45) is 0 Å². The molecule has 0 aliphatic carbocycles. The number of halogens is 5. The number of hydrogen-bond donors (Lipinski definition) is 0. The monoisotopic (exact) mass is 390 g/mol. The zero-order valence-corrected chi connectivity index (χ0v) is 14.8. The number of alkyl halides is 5. The minimum atomic E-state index is -5.17. The Hall–Kier alpha value is -2.20. The highest BCUT2D eigenvalue weighted by atomic mass is 19.4. The zero-order valence-electron chi connectivity index (χ0n) is 14.8. The van der Waals surface area contributed by atoms with Gasteiger partial charge < -0.3 is 14.2 Å². The number of carbonyl (C=O) groups is 3. The van der Waals surface area contributed by atoms with Gasteiger partial charge in [-0.1, -0.05) is 6.58 Å². The van der Waals surface area contributed by atoms with Gasteiger partial charge in [0.15, 0.2) is 0 Å². The van der Waals surface area contributed by atoms with Gasteiger partial charge in [-0.15, -0.1) is 0 Å². The molecule has 11 heteroatoms. The summed E-state index contributed by atoms with van der Waals surface area (Å²) in [6.07, 6.45) is -5.17. The van der Waals surface area contributed by atoms with Crippen molar-refractivity contribution in [2.45, 2.75) is 57.9 Å². The molecule has 1 atom stereocenters. The van der Waals surface area contributed by atoms with E-state index in [4.69, 9.17) is 0 Å². The fourth-order valence-electron chi connectivity index (χ4n) is 1.32. The van der Waals surface area contributed by atoms with Crippen molar-refractivity contribution >= 4 is 17.9 Å². The van der Waals surface area contributed by atoms with Crippen LogP contribution in [0.25, 0.3) is 0 Å². The van der Waals surface area contributed by atoms with Gasteiger partial charge in [0.1, 0.15) is 0 Å². The highest BCUT2D eigenvalue weighted by Crippen LogP contribution is 2.39. The van der Waals surface area contributed by atoms with Gasteiger partial charge in [-0.3, -0.25) is 0 Å². The SMILES string of the molecule is C=C(C)C(=O)OC(C)(C(=O)OCC)C(F)(F)C(=O)OC(C)(C)C(F)(F)F. The maximum atomic E-state index is 14.5. The van der Waals surface area contributed by atoms with Crippen molar-refractivity contribution in [3.05, 3.63) is 12.2 Å². The molecule has 0 fully saturated rings. The summed E-state index contributed by atoms with van der Waals surface area (Å²) in [5, 5.41) is 0. The lowest BCUT2D eigenvalue weighted by molar-refractivity contribution is -0.276. The van der Waals surface area contributed by atoms with E-state index in [-0.39, 0.29) is 0 Å². The highest BCUT2D eigenvalue weighted by Gasteiger charge is 2.68. The van der Waals surface area contributed by atoms with Gasteiger partial charge in [-0.05, 0) is 34.6 Å². The molecule has 0 saturated carbocycles. The molecule has 0 heterocycles. The number of rotatable bonds is 7. The summed E-state index contributed by atoms with van der Waals surface area (Å²) in [4.78, 5) is 35.2. The highest BCUT2D eigenvalue weighted by molar-refractivity contribution is 5.95. The summed E-state index contributed by atoms with van der Waals surface area (Å²) < 4.78 is 79.9. The number of ether oxygens (including phenoxy) is 3. The molecule has 0 N–H and O–H groups in total. The molecular formula is C15H19F5O6. The molecule has 26 heavy (non-hydrogen) atoms. The Bertz CT molecular complexity index is 596. The lowest BCUT2D eigenvalue weighted by atomic mass is 9.96. The van der Waals surface area contributed by atoms with Crippen molar-refractivity contribution in [3.8, 4) is 0 Å². The van der Waals surface area contributed by atoms with E-state index in [9.17, 15) is 36.3 Å². The Morgan fingerprint density at radius 3 is 1.73 bits per heavy atom. The summed E-state index contributed by atoms with van der Waals surface area (Å²) in [5.41, 5.74) is -7.26. The summed E-state index contributed by atoms with van der Waals surface area (Å²) in [7, 11) is 0. The van der Waals surface area contributed by atoms with E-state index in [1.807, 2.05) is 0 Å². The zero-order chi connectivity index (χ0) is 21.1. The lowest BCUT2D eigenvalue weighted by Crippen LogP contribution is -2.61. The maximum Gasteiger partial charge on any atom is 0.427 e. The van der Waals surface area contributed by atoms with Gasteiger partial charge in [0, 0.05) is 5.57 Å². The van der Waals surface area contributed by atoms with Crippen LogP contribution < -0.4 is 0 Å². The Labute approximate surface area is 146 Å². The Balaban J connectivity index is 5.98. The van der Waals surface area contributed by atoms with Crippen molar-refractivity contribution < 1.29 is 50.5 Å². The van der Waals surface area contributed by atoms with Crippen molar-refractivity contribution in [1.29, 1.82) is 0 Å². The van der Waals surface area contributed by atoms with Crippen LogP contribution in [0.1, 0.15) is 34.6 Å². The van der Waals surface area contributed by atoms with Crippen LogP contribution in [-0.4, -0.2) is 47.8 Å². The fraction of sp³-hybridized carbons (Fsp3) is 0.667. The molecule has 6 nitrogen and oxygen atoms in total. The van der Waals surface area contributed by atoms with Gasteiger partial charge in [0.2, 0.25) is 5.60 Å². The second-order valence-electron chi connectivity index (χ2n) is 5.90. The van der Waals surface area contributed by atoms with Crippen LogP contribution in [0, 0.1) is 0 Å². The van der Waals surface area contributed by atoms with Crippen molar-refractivity contribution in [2.75, 3.05) is 6.61 Å². The van der Waals surface area contributed by atoms with Crippen LogP contribution >= 0.6 is 0 Å². The quantitative estimate of drug-likeness (QED) is 0.288. The molecule has 0 aliphatic heterocycles. The molecule has 150 valence electrons. The average molecular weight is 390 g/mol. The Kier molecular flexibility index (Phi) is 6.94. The maximum absolute atomic E-state index is 14.5. The van der Waals surface area contributed by atoms with E-state index in [2.05, 4.69) is 20.8 Å². The van der Waals surface area contributed by atoms with E-state index < -0.39 is 53.4 Å². The third kappa shape index (κ3) is 4.70. The van der Waals surface area contributed by atoms with Crippen molar-refractivity contribution in [3.63, 3.8) is 0 Å². The van der Waals surface area contributed by atoms with Crippen LogP contribution in [0.5, 0.6) is 0 Å². The predicted molar refractivity (Wildman–Crippen MR) is 77.1 cm³/mol. The normalized spacial score (nSPS) is 14.8. The number of esters is 3. The molecule has 0 aromatic carbocycles. The molecule has 0 aromatic heterocycles. The summed E-state index contributed by atoms with van der Waals surface area (Å²) in [5.74, 6) is -11.0. The van der Waals surface area contributed by atoms with Crippen LogP contribution in [-0.2, 0) is 28.6 Å². The van der Waals surface area contributed by atoms with Gasteiger partial charge in [-0.2, -0.15) is 22.0 Å². The lowest BCUT2D eigenvalue weighted by Gasteiger charge is -2.35. The van der Waals surface area contributed by atoms with Crippen LogP contribution in [0.2, 0.25) is 0 Å². The van der Waals surface area contributed by atoms with E-state index in [0.717, 1.165) is 6.92 Å². The Morgan fingerprint density at radius 2 is 1.38 bits per heavy atom. The molecule has 0 radical (unpaired) electrons. The first kappa shape index (κ1) is 23.8. The van der Waals surface area contributed by atoms with E-state index in [0.29, 0.717) is 20.8 Å². The fourth-order valence-corrected chi connectivity index (χ4v) is 1.32. The van der Waals surface area contributed by atoms with E-state index >= 15 is 0 Å². The molecule has 0 bridgehead atoms.